The van der Waals surface area contributed by atoms with Gasteiger partial charge in [-0.3, -0.25) is 0 Å². The maximum absolute atomic E-state index is 9.95. The van der Waals surface area contributed by atoms with Crippen molar-refractivity contribution in [2.75, 3.05) is 0 Å². The standard InChI is InChI=1S/C16H9N/c17-14-9-7-12-5-4-10-2-1-3-11-6-8-13(14)16(12)15(10)11/h1-9H. The molecule has 0 heterocycles. The van der Waals surface area contributed by atoms with Crippen LogP contribution in [0.15, 0.2) is 54.6 Å². The first-order chi connectivity index (χ1) is 8.34. The van der Waals surface area contributed by atoms with E-state index in [-0.39, 0.29) is 0 Å². The third-order valence-corrected chi connectivity index (χ3v) is 3.51. The van der Waals surface area contributed by atoms with Gasteiger partial charge in [-0.1, -0.05) is 11.4 Å². The zero-order chi connectivity index (χ0) is 11.4. The summed E-state index contributed by atoms with van der Waals surface area (Å²) in [6.45, 7) is 0. The van der Waals surface area contributed by atoms with Crippen molar-refractivity contribution < 1.29 is 0 Å². The Morgan fingerprint density at radius 1 is 0.824 bits per heavy atom. The number of benzene rings is 4. The maximum Gasteiger partial charge on any atom is 0.0953 e. The Morgan fingerprint density at radius 2 is 1.59 bits per heavy atom. The van der Waals surface area contributed by atoms with E-state index < -0.39 is 0 Å². The summed E-state index contributed by atoms with van der Waals surface area (Å²) in [5, 5.41) is 14.9. The summed E-state index contributed by atoms with van der Waals surface area (Å²) in [6.07, 6.45) is 0. The molecule has 0 atom stereocenters. The van der Waals surface area contributed by atoms with Crippen LogP contribution in [0.1, 0.15) is 0 Å². The van der Waals surface area contributed by atoms with E-state index in [0.29, 0.717) is 5.36 Å². The van der Waals surface area contributed by atoms with Gasteiger partial charge in [-0.25, -0.2) is 0 Å². The van der Waals surface area contributed by atoms with Crippen LogP contribution >= 0.6 is 0 Å². The van der Waals surface area contributed by atoms with E-state index in [1.54, 1.807) is 6.07 Å². The zero-order valence-corrected chi connectivity index (χ0v) is 9.14. The first kappa shape index (κ1) is 8.82. The Bertz CT molecular complexity index is 854. The van der Waals surface area contributed by atoms with Gasteiger partial charge in [0.1, 0.15) is 0 Å². The van der Waals surface area contributed by atoms with E-state index in [2.05, 4.69) is 36.4 Å². The van der Waals surface area contributed by atoms with Gasteiger partial charge in [0.2, 0.25) is 0 Å². The minimum Gasteiger partial charge on any atom is -0.789 e. The summed E-state index contributed by atoms with van der Waals surface area (Å²) >= 11 is 0. The second kappa shape index (κ2) is 2.89. The molecule has 0 unspecified atom stereocenters. The molecular formula is C16H9N. The molecule has 1 heteroatoms. The maximum atomic E-state index is 9.95. The Kier molecular flexibility index (Phi) is 1.50. The van der Waals surface area contributed by atoms with Gasteiger partial charge in [-0.15, -0.1) is 0 Å². The first-order valence-corrected chi connectivity index (χ1v) is 5.70. The Labute approximate surface area is 98.5 Å². The van der Waals surface area contributed by atoms with Crippen molar-refractivity contribution in [3.63, 3.8) is 0 Å². The molecule has 2 aliphatic carbocycles. The van der Waals surface area contributed by atoms with E-state index in [1.165, 1.54) is 27.3 Å². The lowest BCUT2D eigenvalue weighted by Gasteiger charge is -2.10. The van der Waals surface area contributed by atoms with Gasteiger partial charge < -0.3 is 5.41 Å². The van der Waals surface area contributed by atoms with Gasteiger partial charge >= 0.3 is 0 Å². The van der Waals surface area contributed by atoms with Crippen molar-refractivity contribution in [3.8, 4) is 11.1 Å². The summed E-state index contributed by atoms with van der Waals surface area (Å²) in [6, 6.07) is 18.4. The van der Waals surface area contributed by atoms with Gasteiger partial charge in [0.25, 0.3) is 0 Å². The van der Waals surface area contributed by atoms with Gasteiger partial charge in [-0.05, 0) is 30.3 Å². The van der Waals surface area contributed by atoms with Crippen LogP contribution in [-0.4, -0.2) is 0 Å². The van der Waals surface area contributed by atoms with Crippen molar-refractivity contribution in [3.05, 3.63) is 65.4 Å². The lowest BCUT2D eigenvalue weighted by atomic mass is 9.89. The van der Waals surface area contributed by atoms with Crippen molar-refractivity contribution >= 4 is 21.5 Å². The summed E-state index contributed by atoms with van der Waals surface area (Å²) in [5.74, 6) is 0. The average Bonchev–Trinajstić information content (AvgIpc) is 2.38. The topological polar surface area (TPSA) is 22.3 Å². The monoisotopic (exact) mass is 215 g/mol. The molecule has 0 spiro atoms. The average molecular weight is 215 g/mol. The summed E-state index contributed by atoms with van der Waals surface area (Å²) in [7, 11) is 0. The third-order valence-electron chi connectivity index (χ3n) is 3.51. The van der Waals surface area contributed by atoms with Crippen LogP contribution in [0, 0.1) is 0 Å². The van der Waals surface area contributed by atoms with Gasteiger partial charge in [-0.2, -0.15) is 0 Å². The minimum absolute atomic E-state index is 0.357. The van der Waals surface area contributed by atoms with Crippen LogP contribution in [0.2, 0.25) is 0 Å². The molecule has 0 aromatic heterocycles. The molecule has 0 bridgehead atoms. The fourth-order valence-corrected chi connectivity index (χ4v) is 2.72. The molecule has 0 N–H and O–H groups in total. The number of nitrogens with zero attached hydrogens (tertiary/aromatic N) is 1. The molecule has 0 saturated carbocycles. The van der Waals surface area contributed by atoms with E-state index in [9.17, 15) is 5.41 Å². The van der Waals surface area contributed by atoms with E-state index in [1.807, 2.05) is 12.1 Å². The molecule has 0 amide bonds. The zero-order valence-electron chi connectivity index (χ0n) is 9.14. The molecule has 4 rings (SSSR count). The first-order valence-electron chi connectivity index (χ1n) is 5.70. The van der Waals surface area contributed by atoms with Crippen LogP contribution in [0.25, 0.3) is 38.1 Å². The second-order valence-electron chi connectivity index (χ2n) is 4.44. The summed E-state index contributed by atoms with van der Waals surface area (Å²) < 4.78 is 0. The molecule has 2 aliphatic rings. The molecular weight excluding hydrogens is 206 g/mol. The second-order valence-corrected chi connectivity index (χ2v) is 4.44. The Hall–Kier alpha value is -2.28. The number of hydrogen-bond acceptors (Lipinski definition) is 0. The van der Waals surface area contributed by atoms with Crippen LogP contribution in [0.4, 0.5) is 0 Å². The molecule has 2 aromatic carbocycles. The predicted octanol–water partition coefficient (Wildman–Crippen LogP) is 3.72. The quantitative estimate of drug-likeness (QED) is 0.315. The number of hydrogen-bond donors (Lipinski definition) is 0. The predicted molar refractivity (Wildman–Crippen MR) is 71.3 cm³/mol. The minimum atomic E-state index is 0.357. The fraction of sp³-hybridized carbons (Fsp3) is 0. The van der Waals surface area contributed by atoms with Crippen molar-refractivity contribution in [2.24, 2.45) is 0 Å². The highest BCUT2D eigenvalue weighted by Crippen LogP contribution is 2.37. The van der Waals surface area contributed by atoms with Crippen LogP contribution < -0.4 is 5.36 Å². The molecule has 0 fully saturated rings. The normalized spacial score (nSPS) is 11.8. The molecule has 0 saturated heterocycles. The molecule has 2 aromatic rings. The highest BCUT2D eigenvalue weighted by atomic mass is 14.4. The smallest absolute Gasteiger partial charge is 0.0953 e. The fourth-order valence-electron chi connectivity index (χ4n) is 2.72. The lowest BCUT2D eigenvalue weighted by molar-refractivity contribution is 1.62. The number of rotatable bonds is 0. The third kappa shape index (κ3) is 1.03. The molecule has 1 nitrogen and oxygen atoms in total. The van der Waals surface area contributed by atoms with E-state index in [0.717, 1.165) is 5.39 Å². The van der Waals surface area contributed by atoms with E-state index >= 15 is 0 Å². The van der Waals surface area contributed by atoms with Gasteiger partial charge in [0, 0.05) is 34.4 Å². The van der Waals surface area contributed by atoms with Crippen LogP contribution in [0.5, 0.6) is 0 Å². The molecule has 78 valence electrons. The van der Waals surface area contributed by atoms with Crippen LogP contribution in [-0.2, 0) is 0 Å². The van der Waals surface area contributed by atoms with Gasteiger partial charge in [0.05, 0.1) is 16.5 Å². The largest absolute Gasteiger partial charge is 0.789 e. The molecule has 0 aliphatic heterocycles. The molecule has 17 heavy (non-hydrogen) atoms. The lowest BCUT2D eigenvalue weighted by Crippen LogP contribution is -2.02. The van der Waals surface area contributed by atoms with E-state index in [4.69, 9.17) is 0 Å². The Balaban J connectivity index is 2.48. The highest BCUT2D eigenvalue weighted by molar-refractivity contribution is 6.14. The Morgan fingerprint density at radius 3 is 2.47 bits per heavy atom. The van der Waals surface area contributed by atoms with Crippen molar-refractivity contribution in [2.45, 2.75) is 0 Å². The highest BCUT2D eigenvalue weighted by Gasteiger charge is 2.17. The molecule has 0 radical (unpaired) electrons. The van der Waals surface area contributed by atoms with Gasteiger partial charge in [0.15, 0.2) is 0 Å². The SMILES string of the molecule is [N-]=c1cc[c+]2ccc3cccc4ccc1c-2c43. The van der Waals surface area contributed by atoms with Crippen molar-refractivity contribution in [1.82, 2.24) is 0 Å². The summed E-state index contributed by atoms with van der Waals surface area (Å²) in [4.78, 5) is 0. The van der Waals surface area contributed by atoms with Crippen molar-refractivity contribution in [1.29, 1.82) is 0 Å². The van der Waals surface area contributed by atoms with Crippen LogP contribution in [0.3, 0.4) is 0 Å². The summed E-state index contributed by atoms with van der Waals surface area (Å²) in [5.41, 5.74) is 2.35.